The Morgan fingerprint density at radius 2 is 2.08 bits per heavy atom. The van der Waals surface area contributed by atoms with Crippen molar-refractivity contribution in [1.82, 2.24) is 0 Å². The molecule has 1 saturated carbocycles. The molecule has 1 aliphatic carbocycles. The summed E-state index contributed by atoms with van der Waals surface area (Å²) >= 11 is 0. The van der Waals surface area contributed by atoms with Crippen LogP contribution in [0.3, 0.4) is 0 Å². The predicted molar refractivity (Wildman–Crippen MR) is 51.1 cm³/mol. The fourth-order valence-corrected chi connectivity index (χ4v) is 1.77. The summed E-state index contributed by atoms with van der Waals surface area (Å²) in [6, 6.07) is 0. The Labute approximate surface area is 75.5 Å². The summed E-state index contributed by atoms with van der Waals surface area (Å²) in [7, 11) is 0. The van der Waals surface area contributed by atoms with E-state index >= 15 is 0 Å². The van der Waals surface area contributed by atoms with Crippen molar-refractivity contribution in [1.29, 1.82) is 0 Å². The molecule has 2 heteroatoms. The molecule has 0 heterocycles. The SMILES string of the molecule is CCCOCCC1(CN)CCC1. The highest BCUT2D eigenvalue weighted by Gasteiger charge is 2.34. The molecule has 2 N–H and O–H groups in total. The lowest BCUT2D eigenvalue weighted by molar-refractivity contribution is 0.0558. The normalized spacial score (nSPS) is 20.5. The third kappa shape index (κ3) is 2.46. The van der Waals surface area contributed by atoms with Gasteiger partial charge in [0.2, 0.25) is 0 Å². The summed E-state index contributed by atoms with van der Waals surface area (Å²) in [6.07, 6.45) is 6.29. The summed E-state index contributed by atoms with van der Waals surface area (Å²) in [6.45, 7) is 4.80. The lowest BCUT2D eigenvalue weighted by atomic mass is 9.67. The molecule has 12 heavy (non-hydrogen) atoms. The van der Waals surface area contributed by atoms with E-state index in [1.54, 1.807) is 0 Å². The minimum absolute atomic E-state index is 0.466. The molecule has 1 aliphatic rings. The van der Waals surface area contributed by atoms with E-state index in [2.05, 4.69) is 6.92 Å². The molecule has 0 bridgehead atoms. The van der Waals surface area contributed by atoms with Crippen molar-refractivity contribution in [2.45, 2.75) is 39.0 Å². The maximum atomic E-state index is 5.73. The van der Waals surface area contributed by atoms with Crippen LogP contribution in [0.25, 0.3) is 0 Å². The summed E-state index contributed by atoms with van der Waals surface area (Å²) in [5, 5.41) is 0. The Kier molecular flexibility index (Phi) is 4.02. The molecule has 0 aromatic carbocycles. The predicted octanol–water partition coefficient (Wildman–Crippen LogP) is 1.93. The first-order chi connectivity index (χ1) is 5.83. The number of rotatable bonds is 6. The Hall–Kier alpha value is -0.0800. The van der Waals surface area contributed by atoms with Crippen LogP contribution in [-0.2, 0) is 4.74 Å². The Morgan fingerprint density at radius 1 is 1.33 bits per heavy atom. The molecule has 0 saturated heterocycles. The standard InChI is InChI=1S/C10H21NO/c1-2-7-12-8-6-10(9-11)4-3-5-10/h2-9,11H2,1H3. The largest absolute Gasteiger partial charge is 0.381 e. The van der Waals surface area contributed by atoms with Crippen LogP contribution in [-0.4, -0.2) is 19.8 Å². The molecule has 0 unspecified atom stereocenters. The van der Waals surface area contributed by atoms with E-state index in [-0.39, 0.29) is 0 Å². The summed E-state index contributed by atoms with van der Waals surface area (Å²) in [5.74, 6) is 0. The topological polar surface area (TPSA) is 35.2 Å². The molecule has 0 aliphatic heterocycles. The van der Waals surface area contributed by atoms with Gasteiger partial charge in [-0.3, -0.25) is 0 Å². The maximum absolute atomic E-state index is 5.73. The van der Waals surface area contributed by atoms with Crippen LogP contribution in [0.4, 0.5) is 0 Å². The summed E-state index contributed by atoms with van der Waals surface area (Å²) in [4.78, 5) is 0. The number of nitrogens with two attached hydrogens (primary N) is 1. The van der Waals surface area contributed by atoms with Gasteiger partial charge in [-0.15, -0.1) is 0 Å². The fourth-order valence-electron chi connectivity index (χ4n) is 1.77. The van der Waals surface area contributed by atoms with E-state index in [4.69, 9.17) is 10.5 Å². The van der Waals surface area contributed by atoms with Gasteiger partial charge in [0.1, 0.15) is 0 Å². The molecule has 0 aromatic heterocycles. The van der Waals surface area contributed by atoms with Crippen LogP contribution in [0.15, 0.2) is 0 Å². The Bertz CT molecular complexity index is 115. The molecule has 72 valence electrons. The second-order valence-corrected chi connectivity index (χ2v) is 3.92. The summed E-state index contributed by atoms with van der Waals surface area (Å²) < 4.78 is 5.46. The van der Waals surface area contributed by atoms with E-state index in [1.807, 2.05) is 0 Å². The van der Waals surface area contributed by atoms with Gasteiger partial charge in [-0.05, 0) is 37.6 Å². The van der Waals surface area contributed by atoms with Gasteiger partial charge in [0.25, 0.3) is 0 Å². The monoisotopic (exact) mass is 171 g/mol. The second-order valence-electron chi connectivity index (χ2n) is 3.92. The molecule has 0 radical (unpaired) electrons. The van der Waals surface area contributed by atoms with Crippen LogP contribution in [0.5, 0.6) is 0 Å². The van der Waals surface area contributed by atoms with Crippen molar-refractivity contribution in [3.63, 3.8) is 0 Å². The molecule has 1 rings (SSSR count). The zero-order valence-corrected chi connectivity index (χ0v) is 8.14. The number of ether oxygens (including phenoxy) is 1. The first kappa shape index (κ1) is 10.0. The first-order valence-corrected chi connectivity index (χ1v) is 5.11. The average molecular weight is 171 g/mol. The van der Waals surface area contributed by atoms with Crippen molar-refractivity contribution >= 4 is 0 Å². The fraction of sp³-hybridized carbons (Fsp3) is 1.00. The van der Waals surface area contributed by atoms with Crippen molar-refractivity contribution in [2.75, 3.05) is 19.8 Å². The molecule has 0 amide bonds. The van der Waals surface area contributed by atoms with E-state index in [9.17, 15) is 0 Å². The van der Waals surface area contributed by atoms with Crippen LogP contribution in [0, 0.1) is 5.41 Å². The smallest absolute Gasteiger partial charge is 0.0471 e. The zero-order valence-electron chi connectivity index (χ0n) is 8.14. The third-order valence-corrected chi connectivity index (χ3v) is 2.97. The van der Waals surface area contributed by atoms with Gasteiger partial charge in [0.05, 0.1) is 0 Å². The summed E-state index contributed by atoms with van der Waals surface area (Å²) in [5.41, 5.74) is 6.19. The Balaban J connectivity index is 2.04. The van der Waals surface area contributed by atoms with Crippen LogP contribution in [0.1, 0.15) is 39.0 Å². The molecule has 1 fully saturated rings. The molecule has 2 nitrogen and oxygen atoms in total. The maximum Gasteiger partial charge on any atom is 0.0471 e. The molecular weight excluding hydrogens is 150 g/mol. The van der Waals surface area contributed by atoms with Gasteiger partial charge >= 0.3 is 0 Å². The van der Waals surface area contributed by atoms with Crippen LogP contribution < -0.4 is 5.73 Å². The van der Waals surface area contributed by atoms with E-state index in [0.717, 1.165) is 26.2 Å². The quantitative estimate of drug-likeness (QED) is 0.620. The van der Waals surface area contributed by atoms with Gasteiger partial charge in [-0.25, -0.2) is 0 Å². The second kappa shape index (κ2) is 4.83. The molecule has 0 spiro atoms. The first-order valence-electron chi connectivity index (χ1n) is 5.11. The van der Waals surface area contributed by atoms with Gasteiger partial charge in [0, 0.05) is 13.2 Å². The van der Waals surface area contributed by atoms with Crippen LogP contribution in [0.2, 0.25) is 0 Å². The third-order valence-electron chi connectivity index (χ3n) is 2.97. The minimum Gasteiger partial charge on any atom is -0.381 e. The highest BCUT2D eigenvalue weighted by atomic mass is 16.5. The van der Waals surface area contributed by atoms with E-state index in [0.29, 0.717) is 5.41 Å². The number of hydrogen-bond acceptors (Lipinski definition) is 2. The highest BCUT2D eigenvalue weighted by molar-refractivity contribution is 4.88. The minimum atomic E-state index is 0.466. The molecular formula is C10H21NO. The van der Waals surface area contributed by atoms with Crippen molar-refractivity contribution in [3.8, 4) is 0 Å². The molecule has 0 aromatic rings. The van der Waals surface area contributed by atoms with Gasteiger partial charge in [-0.1, -0.05) is 13.3 Å². The number of hydrogen-bond donors (Lipinski definition) is 1. The zero-order chi connectivity index (χ0) is 8.86. The van der Waals surface area contributed by atoms with E-state index in [1.165, 1.54) is 25.7 Å². The molecule has 0 atom stereocenters. The van der Waals surface area contributed by atoms with Crippen LogP contribution >= 0.6 is 0 Å². The highest BCUT2D eigenvalue weighted by Crippen LogP contribution is 2.42. The lowest BCUT2D eigenvalue weighted by Gasteiger charge is -2.41. The van der Waals surface area contributed by atoms with Gasteiger partial charge in [-0.2, -0.15) is 0 Å². The Morgan fingerprint density at radius 3 is 2.50 bits per heavy atom. The van der Waals surface area contributed by atoms with Gasteiger partial charge in [0.15, 0.2) is 0 Å². The average Bonchev–Trinajstić information content (AvgIpc) is 2.02. The lowest BCUT2D eigenvalue weighted by Crippen LogP contribution is -2.38. The van der Waals surface area contributed by atoms with Crippen molar-refractivity contribution < 1.29 is 4.74 Å². The van der Waals surface area contributed by atoms with E-state index < -0.39 is 0 Å². The van der Waals surface area contributed by atoms with Crippen molar-refractivity contribution in [2.24, 2.45) is 11.1 Å². The van der Waals surface area contributed by atoms with Crippen molar-refractivity contribution in [3.05, 3.63) is 0 Å². The van der Waals surface area contributed by atoms with Gasteiger partial charge < -0.3 is 10.5 Å².